The van der Waals surface area contributed by atoms with Crippen LogP contribution in [0.1, 0.15) is 36.5 Å². The third kappa shape index (κ3) is 1.55. The average Bonchev–Trinajstić information content (AvgIpc) is 2.56. The molecule has 1 aliphatic rings. The van der Waals surface area contributed by atoms with Gasteiger partial charge in [0.05, 0.1) is 0 Å². The molecule has 2 rings (SSSR count). The summed E-state index contributed by atoms with van der Waals surface area (Å²) in [6.07, 6.45) is 5.56. The van der Waals surface area contributed by atoms with Gasteiger partial charge in [-0.3, -0.25) is 4.79 Å². The first-order valence-corrected chi connectivity index (χ1v) is 5.06. The molecule has 1 heterocycles. The first-order valence-electron chi connectivity index (χ1n) is 4.28. The standard InChI is InChI=1S/C9H11NOS/c11-8-3-1-2-7(6-8)9-4-5-10-12-9/h4-5,7H,1-3,6H2. The highest BCUT2D eigenvalue weighted by molar-refractivity contribution is 7.05. The summed E-state index contributed by atoms with van der Waals surface area (Å²) in [6, 6.07) is 2.04. The summed E-state index contributed by atoms with van der Waals surface area (Å²) in [5.74, 6) is 0.887. The summed E-state index contributed by atoms with van der Waals surface area (Å²) in [7, 11) is 0. The highest BCUT2D eigenvalue weighted by Gasteiger charge is 2.21. The van der Waals surface area contributed by atoms with Gasteiger partial charge in [0.15, 0.2) is 0 Å². The van der Waals surface area contributed by atoms with E-state index < -0.39 is 0 Å². The van der Waals surface area contributed by atoms with E-state index in [1.54, 1.807) is 0 Å². The van der Waals surface area contributed by atoms with Crippen LogP contribution in [0.4, 0.5) is 0 Å². The Morgan fingerprint density at radius 1 is 1.58 bits per heavy atom. The van der Waals surface area contributed by atoms with Crippen molar-refractivity contribution < 1.29 is 4.79 Å². The Hall–Kier alpha value is -0.700. The van der Waals surface area contributed by atoms with Crippen LogP contribution in [-0.4, -0.2) is 10.2 Å². The lowest BCUT2D eigenvalue weighted by molar-refractivity contribution is -0.120. The van der Waals surface area contributed by atoms with Crippen molar-refractivity contribution in [2.45, 2.75) is 31.6 Å². The van der Waals surface area contributed by atoms with Gasteiger partial charge < -0.3 is 0 Å². The monoisotopic (exact) mass is 181 g/mol. The Balaban J connectivity index is 2.09. The van der Waals surface area contributed by atoms with Crippen LogP contribution >= 0.6 is 11.5 Å². The summed E-state index contributed by atoms with van der Waals surface area (Å²) in [5.41, 5.74) is 0. The van der Waals surface area contributed by atoms with E-state index in [0.717, 1.165) is 25.7 Å². The number of hydrogen-bond donors (Lipinski definition) is 0. The minimum absolute atomic E-state index is 0.416. The van der Waals surface area contributed by atoms with E-state index in [9.17, 15) is 4.79 Å². The van der Waals surface area contributed by atoms with Gasteiger partial charge in [0.25, 0.3) is 0 Å². The predicted octanol–water partition coefficient (Wildman–Crippen LogP) is 2.37. The summed E-state index contributed by atoms with van der Waals surface area (Å²) >= 11 is 1.53. The second-order valence-electron chi connectivity index (χ2n) is 3.25. The molecule has 0 radical (unpaired) electrons. The Labute approximate surface area is 75.8 Å². The smallest absolute Gasteiger partial charge is 0.133 e. The van der Waals surface area contributed by atoms with Crippen LogP contribution in [0.3, 0.4) is 0 Å². The van der Waals surface area contributed by atoms with Gasteiger partial charge in [0, 0.05) is 29.8 Å². The molecule has 0 aliphatic heterocycles. The van der Waals surface area contributed by atoms with E-state index in [0.29, 0.717) is 11.7 Å². The molecule has 64 valence electrons. The van der Waals surface area contributed by atoms with Crippen LogP contribution in [0.15, 0.2) is 12.3 Å². The number of hydrogen-bond acceptors (Lipinski definition) is 3. The Bertz CT molecular complexity index is 268. The van der Waals surface area contributed by atoms with Crippen LogP contribution < -0.4 is 0 Å². The molecule has 0 saturated heterocycles. The van der Waals surface area contributed by atoms with E-state index in [-0.39, 0.29) is 0 Å². The molecule has 3 heteroatoms. The summed E-state index contributed by atoms with van der Waals surface area (Å²) < 4.78 is 4.05. The normalized spacial score (nSPS) is 24.3. The summed E-state index contributed by atoms with van der Waals surface area (Å²) in [5, 5.41) is 0. The molecule has 0 amide bonds. The number of nitrogens with zero attached hydrogens (tertiary/aromatic N) is 1. The van der Waals surface area contributed by atoms with E-state index >= 15 is 0 Å². The summed E-state index contributed by atoms with van der Waals surface area (Å²) in [4.78, 5) is 12.4. The molecule has 1 atom stereocenters. The minimum Gasteiger partial charge on any atom is -0.300 e. The number of carbonyl (C=O) groups is 1. The van der Waals surface area contributed by atoms with Crippen LogP contribution in [0.5, 0.6) is 0 Å². The zero-order valence-electron chi connectivity index (χ0n) is 6.82. The van der Waals surface area contributed by atoms with Gasteiger partial charge in [-0.05, 0) is 30.4 Å². The number of ketones is 1. The molecule has 1 unspecified atom stereocenters. The first-order chi connectivity index (χ1) is 5.86. The van der Waals surface area contributed by atoms with Crippen LogP contribution in [0.25, 0.3) is 0 Å². The zero-order valence-corrected chi connectivity index (χ0v) is 7.64. The van der Waals surface area contributed by atoms with Crippen molar-refractivity contribution in [2.75, 3.05) is 0 Å². The molecule has 1 saturated carbocycles. The number of aromatic nitrogens is 1. The molecule has 0 spiro atoms. The van der Waals surface area contributed by atoms with Crippen molar-refractivity contribution in [3.8, 4) is 0 Å². The fourth-order valence-electron chi connectivity index (χ4n) is 1.70. The van der Waals surface area contributed by atoms with Crippen molar-refractivity contribution in [3.63, 3.8) is 0 Å². The lowest BCUT2D eigenvalue weighted by atomic mass is 9.87. The van der Waals surface area contributed by atoms with E-state index in [2.05, 4.69) is 4.37 Å². The van der Waals surface area contributed by atoms with Gasteiger partial charge in [-0.25, -0.2) is 4.37 Å². The quantitative estimate of drug-likeness (QED) is 0.665. The van der Waals surface area contributed by atoms with Crippen LogP contribution in [0.2, 0.25) is 0 Å². The number of Topliss-reactive ketones (excluding diaryl/α,β-unsaturated/α-hetero) is 1. The second kappa shape index (κ2) is 3.35. The third-order valence-electron chi connectivity index (χ3n) is 2.34. The second-order valence-corrected chi connectivity index (χ2v) is 4.11. The Kier molecular flexibility index (Phi) is 2.21. The molecule has 0 N–H and O–H groups in total. The SMILES string of the molecule is O=C1CCCC(c2ccns2)C1. The maximum atomic E-state index is 11.2. The Morgan fingerprint density at radius 2 is 2.50 bits per heavy atom. The molecular weight excluding hydrogens is 170 g/mol. The number of carbonyl (C=O) groups excluding carboxylic acids is 1. The Morgan fingerprint density at radius 3 is 3.17 bits per heavy atom. The van der Waals surface area contributed by atoms with E-state index in [1.165, 1.54) is 16.4 Å². The minimum atomic E-state index is 0.416. The average molecular weight is 181 g/mol. The topological polar surface area (TPSA) is 30.0 Å². The molecule has 1 aromatic rings. The van der Waals surface area contributed by atoms with E-state index in [4.69, 9.17) is 0 Å². The van der Waals surface area contributed by atoms with Crippen molar-refractivity contribution in [1.29, 1.82) is 0 Å². The highest BCUT2D eigenvalue weighted by atomic mass is 32.1. The van der Waals surface area contributed by atoms with E-state index in [1.807, 2.05) is 12.3 Å². The lowest BCUT2D eigenvalue weighted by Gasteiger charge is -2.18. The van der Waals surface area contributed by atoms with Gasteiger partial charge in [-0.15, -0.1) is 0 Å². The largest absolute Gasteiger partial charge is 0.300 e. The molecule has 1 fully saturated rings. The fraction of sp³-hybridized carbons (Fsp3) is 0.556. The zero-order chi connectivity index (χ0) is 8.39. The maximum absolute atomic E-state index is 11.2. The molecule has 0 aromatic carbocycles. The molecule has 1 aliphatic carbocycles. The first kappa shape index (κ1) is 7.92. The third-order valence-corrected chi connectivity index (χ3v) is 3.25. The molecule has 1 aromatic heterocycles. The van der Waals surface area contributed by atoms with Crippen molar-refractivity contribution >= 4 is 17.3 Å². The van der Waals surface area contributed by atoms with Gasteiger partial charge in [-0.2, -0.15) is 0 Å². The molecule has 0 bridgehead atoms. The molecular formula is C9H11NOS. The molecule has 12 heavy (non-hydrogen) atoms. The lowest BCUT2D eigenvalue weighted by Crippen LogP contribution is -2.12. The predicted molar refractivity (Wildman–Crippen MR) is 48.3 cm³/mol. The van der Waals surface area contributed by atoms with Crippen molar-refractivity contribution in [1.82, 2.24) is 4.37 Å². The summed E-state index contributed by atoms with van der Waals surface area (Å²) in [6.45, 7) is 0. The van der Waals surface area contributed by atoms with Gasteiger partial charge in [0.1, 0.15) is 5.78 Å². The maximum Gasteiger partial charge on any atom is 0.133 e. The molecule has 2 nitrogen and oxygen atoms in total. The number of rotatable bonds is 1. The highest BCUT2D eigenvalue weighted by Crippen LogP contribution is 2.32. The van der Waals surface area contributed by atoms with Gasteiger partial charge in [-0.1, -0.05) is 0 Å². The van der Waals surface area contributed by atoms with Crippen molar-refractivity contribution in [3.05, 3.63) is 17.1 Å². The van der Waals surface area contributed by atoms with Crippen LogP contribution in [0, 0.1) is 0 Å². The van der Waals surface area contributed by atoms with Gasteiger partial charge >= 0.3 is 0 Å². The van der Waals surface area contributed by atoms with Crippen LogP contribution in [-0.2, 0) is 4.79 Å². The fourth-order valence-corrected chi connectivity index (χ4v) is 2.42. The van der Waals surface area contributed by atoms with Crippen molar-refractivity contribution in [2.24, 2.45) is 0 Å². The van der Waals surface area contributed by atoms with Gasteiger partial charge in [0.2, 0.25) is 0 Å².